The minimum absolute atomic E-state index is 0.0365. The van der Waals surface area contributed by atoms with Crippen LogP contribution in [0, 0.1) is 59.1 Å². The monoisotopic (exact) mass is 1620 g/mol. The molecule has 0 fully saturated rings. The van der Waals surface area contributed by atoms with Crippen molar-refractivity contribution >= 4 is 89.6 Å². The van der Waals surface area contributed by atoms with Crippen molar-refractivity contribution in [3.8, 4) is 56.0 Å². The molecule has 0 unspecified atom stereocenters. The molecule has 0 amide bonds. The Labute approximate surface area is 693 Å². The summed E-state index contributed by atoms with van der Waals surface area (Å²) in [4.78, 5) is 41.7. The van der Waals surface area contributed by atoms with Crippen LogP contribution in [0.3, 0.4) is 0 Å². The Morgan fingerprint density at radius 3 is 0.914 bits per heavy atom. The highest BCUT2D eigenvalue weighted by atomic mass is 32.1. The maximum absolute atomic E-state index is 15.4. The van der Waals surface area contributed by atoms with Crippen LogP contribution in [-0.2, 0) is 10.8 Å². The largest absolute Gasteiger partial charge is 0.494 e. The lowest BCUT2D eigenvalue weighted by atomic mass is 9.70. The number of nitrogens with zero attached hydrogens (tertiary/aromatic N) is 4. The number of ketones is 2. The van der Waals surface area contributed by atoms with E-state index in [4.69, 9.17) is 32.1 Å². The van der Waals surface area contributed by atoms with Gasteiger partial charge in [-0.05, 0) is 156 Å². The van der Waals surface area contributed by atoms with Gasteiger partial charge in [0, 0.05) is 84.9 Å². The molecule has 14 rings (SSSR count). The molecule has 0 bridgehead atoms. The van der Waals surface area contributed by atoms with E-state index in [1.165, 1.54) is 74.0 Å². The standard InChI is InChI=1S/C98H92F4N4O6S4/c1-7-11-15-19-23-27-47-109-65-39-31-61(32-40-65)97(62-33-41-66(42-34-62)110-48-28-24-20-16-12-8-2)87-91(77-53-69(113-95(77)97)51-75-85(83(59-103)105-5)71-55-79(99)81(101)57-73(71)89(75)107)115-94-88-92(116-93(87)94)78-54-70(52-76-86(84(60-104)106-6)72-56-80(100)82(102)58-74(72)90(76)108)114-96(78)98(88,63-35-43-67(44-36-63)111-49-29-25-21-17-13-9-3)64-37-45-68(46-38-64)112-50-30-26-22-18-14-10-4/h31-46,51-58H,7-30,47-50H2,1-4H3/b75-51-,76-52-,85-83-,86-84+. The molecule has 592 valence electrons. The lowest BCUT2D eigenvalue weighted by Gasteiger charge is -2.33. The van der Waals surface area contributed by atoms with Crippen LogP contribution in [-0.4, -0.2) is 38.0 Å². The van der Waals surface area contributed by atoms with E-state index in [0.29, 0.717) is 59.2 Å². The van der Waals surface area contributed by atoms with Crippen molar-refractivity contribution in [1.29, 1.82) is 10.5 Å². The second kappa shape index (κ2) is 37.2. The first-order chi connectivity index (χ1) is 56.7. The minimum Gasteiger partial charge on any atom is -0.494 e. The quantitative estimate of drug-likeness (QED) is 0.0123. The van der Waals surface area contributed by atoms with Crippen molar-refractivity contribution in [2.45, 2.75) is 193 Å². The minimum atomic E-state index is -1.23. The molecule has 0 saturated carbocycles. The Balaban J connectivity index is 1.02. The van der Waals surface area contributed by atoms with Crippen molar-refractivity contribution in [2.75, 3.05) is 26.4 Å². The van der Waals surface area contributed by atoms with Crippen molar-refractivity contribution in [2.24, 2.45) is 0 Å². The average Bonchev–Trinajstić information content (AvgIpc) is 1.48. The van der Waals surface area contributed by atoms with Gasteiger partial charge in [-0.1, -0.05) is 205 Å². The molecule has 4 heterocycles. The Hall–Kier alpha value is -10.4. The predicted octanol–water partition coefficient (Wildman–Crippen LogP) is 28.2. The zero-order chi connectivity index (χ0) is 81.0. The first kappa shape index (κ1) is 82.1. The topological polar surface area (TPSA) is 127 Å². The molecule has 0 radical (unpaired) electrons. The van der Waals surface area contributed by atoms with Crippen LogP contribution < -0.4 is 18.9 Å². The van der Waals surface area contributed by atoms with E-state index < -0.39 is 57.1 Å². The summed E-state index contributed by atoms with van der Waals surface area (Å²) in [7, 11) is 0. The molecule has 4 aliphatic carbocycles. The van der Waals surface area contributed by atoms with Crippen LogP contribution in [0.4, 0.5) is 17.6 Å². The van der Waals surface area contributed by atoms with Gasteiger partial charge in [-0.3, -0.25) is 9.59 Å². The number of ether oxygens (including phenoxy) is 4. The summed E-state index contributed by atoms with van der Waals surface area (Å²) in [6.07, 6.45) is 29.7. The number of hydrogen-bond donors (Lipinski definition) is 0. The summed E-state index contributed by atoms with van der Waals surface area (Å²) in [6, 6.07) is 44.9. The third-order valence-electron chi connectivity index (χ3n) is 22.8. The van der Waals surface area contributed by atoms with Gasteiger partial charge in [-0.15, -0.1) is 45.3 Å². The fourth-order valence-corrected chi connectivity index (χ4v) is 23.0. The van der Waals surface area contributed by atoms with Gasteiger partial charge in [0.25, 0.3) is 11.4 Å². The van der Waals surface area contributed by atoms with Gasteiger partial charge in [-0.2, -0.15) is 0 Å². The Bertz CT molecular complexity index is 5150. The van der Waals surface area contributed by atoms with Crippen LogP contribution in [0.5, 0.6) is 23.0 Å². The molecule has 6 aromatic carbocycles. The maximum Gasteiger partial charge on any atom is 0.270 e. The number of carbonyl (C=O) groups is 2. The number of halogens is 4. The van der Waals surface area contributed by atoms with Crippen molar-refractivity contribution < 1.29 is 46.1 Å². The number of Topliss-reactive ketones (excluding diaryl/α,β-unsaturated/α-hetero) is 2. The zero-order valence-corrected chi connectivity index (χ0v) is 69.3. The third kappa shape index (κ3) is 15.9. The second-order valence-electron chi connectivity index (χ2n) is 30.4. The number of nitriles is 2. The number of rotatable bonds is 38. The van der Waals surface area contributed by atoms with E-state index in [0.717, 1.165) is 200 Å². The lowest BCUT2D eigenvalue weighted by Crippen LogP contribution is -2.28. The molecule has 4 aliphatic rings. The lowest BCUT2D eigenvalue weighted by molar-refractivity contribution is 0.103. The van der Waals surface area contributed by atoms with Gasteiger partial charge in [0.1, 0.15) is 23.0 Å². The molecule has 0 aliphatic heterocycles. The van der Waals surface area contributed by atoms with Crippen molar-refractivity contribution in [3.63, 3.8) is 0 Å². The fraction of sp³-hybridized carbons (Fsp3) is 0.347. The van der Waals surface area contributed by atoms with Crippen molar-refractivity contribution in [1.82, 2.24) is 0 Å². The van der Waals surface area contributed by atoms with Crippen LogP contribution in [0.25, 0.3) is 63.3 Å². The smallest absolute Gasteiger partial charge is 0.270 e. The molecule has 0 atom stereocenters. The number of allylic oxidation sites excluding steroid dienone is 6. The summed E-state index contributed by atoms with van der Waals surface area (Å²) < 4.78 is 89.6. The summed E-state index contributed by atoms with van der Waals surface area (Å²) >= 11 is 6.25. The predicted molar refractivity (Wildman–Crippen MR) is 461 cm³/mol. The van der Waals surface area contributed by atoms with Crippen molar-refractivity contribution in [3.05, 3.63) is 277 Å². The third-order valence-corrected chi connectivity index (χ3v) is 27.8. The van der Waals surface area contributed by atoms with E-state index in [2.05, 4.69) is 98.0 Å². The van der Waals surface area contributed by atoms with Crippen LogP contribution in [0.15, 0.2) is 156 Å². The molecular formula is C98H92F4N4O6S4. The highest BCUT2D eigenvalue weighted by molar-refractivity contribution is 7.32. The normalized spacial score (nSPS) is 15.4. The second-order valence-corrected chi connectivity index (χ2v) is 34.6. The van der Waals surface area contributed by atoms with Gasteiger partial charge < -0.3 is 18.9 Å². The SMILES string of the molecule is [C-]#[N+]/C(C#N)=C1\C(=C\c2cc3c(s2)C(c2ccc(OCCCCCCCC)cc2)(c2ccc(OCCCCCCCC)cc2)c2c-3sc3c4c(sc23)-c2cc(/C=C3\C(=O)c5cc(F)c(F)cc5\C3=C(\C#N)[N+]#[C-])sc2C4(c2ccc(OCCCCCCCC)cc2)c2ccc(OCCCCCCCC)cc2)C(=O)c2cc(F)c(F)cc21. The van der Waals surface area contributed by atoms with Gasteiger partial charge in [-0.25, -0.2) is 37.8 Å². The van der Waals surface area contributed by atoms with Gasteiger partial charge >= 0.3 is 0 Å². The molecule has 18 heteroatoms. The molecular weight excluding hydrogens is 1530 g/mol. The summed E-state index contributed by atoms with van der Waals surface area (Å²) in [6.45, 7) is 27.3. The average molecular weight is 1630 g/mol. The van der Waals surface area contributed by atoms with Gasteiger partial charge in [0.05, 0.1) is 71.9 Å². The van der Waals surface area contributed by atoms with Gasteiger partial charge in [0.15, 0.2) is 34.8 Å². The van der Waals surface area contributed by atoms with Crippen LogP contribution in [0.1, 0.15) is 267 Å². The first-order valence-electron chi connectivity index (χ1n) is 41.1. The summed E-state index contributed by atoms with van der Waals surface area (Å²) in [5, 5.41) is 21.1. The Morgan fingerprint density at radius 2 is 0.647 bits per heavy atom. The van der Waals surface area contributed by atoms with E-state index in [9.17, 15) is 20.1 Å². The van der Waals surface area contributed by atoms with E-state index in [1.807, 2.05) is 60.7 Å². The summed E-state index contributed by atoms with van der Waals surface area (Å²) in [5.74, 6) is -3.39. The Morgan fingerprint density at radius 1 is 0.379 bits per heavy atom. The maximum atomic E-state index is 15.4. The highest BCUT2D eigenvalue weighted by Gasteiger charge is 2.56. The molecule has 116 heavy (non-hydrogen) atoms. The van der Waals surface area contributed by atoms with E-state index >= 15 is 17.6 Å². The molecule has 10 aromatic rings. The molecule has 10 nitrogen and oxygen atoms in total. The summed E-state index contributed by atoms with van der Waals surface area (Å²) in [5.41, 5.74) is 3.59. The van der Waals surface area contributed by atoms with Crippen LogP contribution >= 0.6 is 45.3 Å². The molecule has 0 saturated heterocycles. The number of fused-ring (bicyclic) bond motifs is 11. The zero-order valence-electron chi connectivity index (χ0n) is 66.0. The number of thiophene rings is 4. The fourth-order valence-electron chi connectivity index (χ4n) is 17.0. The number of benzene rings is 6. The Kier molecular flexibility index (Phi) is 26.3. The van der Waals surface area contributed by atoms with E-state index in [1.54, 1.807) is 34.8 Å². The number of carbonyl (C=O) groups excluding carboxylic acids is 2. The molecule has 0 N–H and O–H groups in total. The van der Waals surface area contributed by atoms with Gasteiger partial charge in [0.2, 0.25) is 0 Å². The molecule has 0 spiro atoms. The first-order valence-corrected chi connectivity index (χ1v) is 44.4. The molecule has 4 aromatic heterocycles. The number of unbranched alkanes of at least 4 members (excludes halogenated alkanes) is 20. The number of hydrogen-bond acceptors (Lipinski definition) is 12. The van der Waals surface area contributed by atoms with Crippen LogP contribution in [0.2, 0.25) is 0 Å². The van der Waals surface area contributed by atoms with E-state index in [-0.39, 0.29) is 44.5 Å². The highest BCUT2D eigenvalue weighted by Crippen LogP contribution is 2.70.